The fraction of sp³-hybridized carbons (Fsp3) is 0.562. The van der Waals surface area contributed by atoms with Crippen molar-refractivity contribution in [3.8, 4) is 5.75 Å². The lowest BCUT2D eigenvalue weighted by atomic mass is 9.83. The lowest BCUT2D eigenvalue weighted by Crippen LogP contribution is -2.42. The monoisotopic (exact) mass is 261 g/mol. The molecular formula is C16H23NO2. The van der Waals surface area contributed by atoms with Crippen LogP contribution in [0.15, 0.2) is 30.3 Å². The van der Waals surface area contributed by atoms with E-state index < -0.39 is 0 Å². The number of carbonyl (C=O) groups is 1. The number of carbonyl (C=O) groups excluding carboxylic acids is 1. The van der Waals surface area contributed by atoms with Gasteiger partial charge in [0.15, 0.2) is 0 Å². The third-order valence-electron chi connectivity index (χ3n) is 3.92. The van der Waals surface area contributed by atoms with Crippen LogP contribution in [0.2, 0.25) is 0 Å². The molecule has 1 aromatic carbocycles. The van der Waals surface area contributed by atoms with Crippen LogP contribution in [0.4, 0.5) is 4.79 Å². The van der Waals surface area contributed by atoms with Gasteiger partial charge in [-0.15, -0.1) is 0 Å². The van der Waals surface area contributed by atoms with E-state index in [-0.39, 0.29) is 12.1 Å². The van der Waals surface area contributed by atoms with Gasteiger partial charge in [0.1, 0.15) is 5.75 Å². The molecule has 1 aliphatic rings. The van der Waals surface area contributed by atoms with Crippen molar-refractivity contribution < 1.29 is 9.53 Å². The lowest BCUT2D eigenvalue weighted by Gasteiger charge is -2.29. The van der Waals surface area contributed by atoms with Gasteiger partial charge in [0.2, 0.25) is 0 Å². The molecule has 1 atom stereocenters. The van der Waals surface area contributed by atoms with Crippen molar-refractivity contribution in [3.05, 3.63) is 30.3 Å². The Morgan fingerprint density at radius 3 is 2.58 bits per heavy atom. The summed E-state index contributed by atoms with van der Waals surface area (Å²) in [6.07, 6.45) is 7.00. The summed E-state index contributed by atoms with van der Waals surface area (Å²) < 4.78 is 5.29. The van der Waals surface area contributed by atoms with E-state index in [0.717, 1.165) is 6.42 Å². The first-order chi connectivity index (χ1) is 9.29. The maximum absolute atomic E-state index is 11.9. The second-order valence-corrected chi connectivity index (χ2v) is 5.26. The molecule has 1 aliphatic carbocycles. The number of hydrogen-bond acceptors (Lipinski definition) is 2. The molecule has 3 nitrogen and oxygen atoms in total. The molecule has 1 fully saturated rings. The third kappa shape index (κ3) is 4.27. The first-order valence-electron chi connectivity index (χ1n) is 7.33. The highest BCUT2D eigenvalue weighted by molar-refractivity contribution is 5.70. The average molecular weight is 261 g/mol. The molecule has 0 unspecified atom stereocenters. The molecule has 0 saturated heterocycles. The van der Waals surface area contributed by atoms with Crippen LogP contribution in [0.3, 0.4) is 0 Å². The SMILES string of the molecule is CC[C@@H](NC(=O)Oc1ccccc1)C1CCCCC1. The number of hydrogen-bond donors (Lipinski definition) is 1. The van der Waals surface area contributed by atoms with Gasteiger partial charge in [0.25, 0.3) is 0 Å². The van der Waals surface area contributed by atoms with Crippen molar-refractivity contribution in [2.45, 2.75) is 51.5 Å². The highest BCUT2D eigenvalue weighted by atomic mass is 16.6. The predicted octanol–water partition coefficient (Wildman–Crippen LogP) is 4.13. The molecule has 2 rings (SSSR count). The second kappa shape index (κ2) is 7.17. The first-order valence-corrected chi connectivity index (χ1v) is 7.33. The zero-order valence-corrected chi connectivity index (χ0v) is 11.6. The van der Waals surface area contributed by atoms with Crippen LogP contribution in [-0.2, 0) is 0 Å². The maximum Gasteiger partial charge on any atom is 0.412 e. The zero-order valence-electron chi connectivity index (χ0n) is 11.6. The smallest absolute Gasteiger partial charge is 0.410 e. The van der Waals surface area contributed by atoms with Crippen LogP contribution in [0.25, 0.3) is 0 Å². The molecule has 0 spiro atoms. The number of para-hydroxylation sites is 1. The Labute approximate surface area is 115 Å². The Morgan fingerprint density at radius 2 is 1.95 bits per heavy atom. The molecule has 1 saturated carbocycles. The van der Waals surface area contributed by atoms with E-state index >= 15 is 0 Å². The molecule has 104 valence electrons. The van der Waals surface area contributed by atoms with E-state index in [0.29, 0.717) is 11.7 Å². The quantitative estimate of drug-likeness (QED) is 0.884. The van der Waals surface area contributed by atoms with Gasteiger partial charge in [-0.05, 0) is 37.3 Å². The molecule has 0 radical (unpaired) electrons. The average Bonchev–Trinajstić information content (AvgIpc) is 2.47. The molecule has 3 heteroatoms. The number of nitrogens with one attached hydrogen (secondary N) is 1. The first kappa shape index (κ1) is 13.9. The highest BCUT2D eigenvalue weighted by Crippen LogP contribution is 2.27. The lowest BCUT2D eigenvalue weighted by molar-refractivity contribution is 0.183. The molecule has 0 heterocycles. The third-order valence-corrected chi connectivity index (χ3v) is 3.92. The van der Waals surface area contributed by atoms with Gasteiger partial charge < -0.3 is 10.1 Å². The number of benzene rings is 1. The standard InChI is InChI=1S/C16H23NO2/c1-2-15(13-9-5-3-6-10-13)17-16(18)19-14-11-7-4-8-12-14/h4,7-8,11-13,15H,2-3,5-6,9-10H2,1H3,(H,17,18)/t15-/m1/s1. The van der Waals surface area contributed by atoms with Crippen molar-refractivity contribution >= 4 is 6.09 Å². The Bertz CT molecular complexity index is 385. The van der Waals surface area contributed by atoms with Crippen molar-refractivity contribution in [1.82, 2.24) is 5.32 Å². The topological polar surface area (TPSA) is 38.3 Å². The van der Waals surface area contributed by atoms with E-state index in [1.807, 2.05) is 18.2 Å². The fourth-order valence-electron chi connectivity index (χ4n) is 2.87. The highest BCUT2D eigenvalue weighted by Gasteiger charge is 2.24. The van der Waals surface area contributed by atoms with Gasteiger partial charge in [-0.25, -0.2) is 4.79 Å². The van der Waals surface area contributed by atoms with E-state index in [4.69, 9.17) is 4.74 Å². The van der Waals surface area contributed by atoms with Crippen LogP contribution >= 0.6 is 0 Å². The minimum absolute atomic E-state index is 0.247. The number of amides is 1. The van der Waals surface area contributed by atoms with E-state index in [1.54, 1.807) is 12.1 Å². The minimum atomic E-state index is -0.330. The molecule has 0 bridgehead atoms. The largest absolute Gasteiger partial charge is 0.412 e. The summed E-state index contributed by atoms with van der Waals surface area (Å²) >= 11 is 0. The fourth-order valence-corrected chi connectivity index (χ4v) is 2.87. The normalized spacial score (nSPS) is 17.7. The molecule has 0 aromatic heterocycles. The molecule has 1 aromatic rings. The van der Waals surface area contributed by atoms with Crippen molar-refractivity contribution in [1.29, 1.82) is 0 Å². The van der Waals surface area contributed by atoms with E-state index in [1.165, 1.54) is 32.1 Å². The van der Waals surface area contributed by atoms with Gasteiger partial charge in [0.05, 0.1) is 0 Å². The van der Waals surface area contributed by atoms with Crippen LogP contribution in [0.5, 0.6) is 5.75 Å². The van der Waals surface area contributed by atoms with Gasteiger partial charge >= 0.3 is 6.09 Å². The van der Waals surface area contributed by atoms with Crippen molar-refractivity contribution in [2.75, 3.05) is 0 Å². The van der Waals surface area contributed by atoms with Crippen LogP contribution in [0, 0.1) is 5.92 Å². The van der Waals surface area contributed by atoms with Gasteiger partial charge in [-0.1, -0.05) is 44.4 Å². The van der Waals surface area contributed by atoms with Crippen LogP contribution < -0.4 is 10.1 Å². The Morgan fingerprint density at radius 1 is 1.26 bits per heavy atom. The van der Waals surface area contributed by atoms with Gasteiger partial charge in [-0.2, -0.15) is 0 Å². The zero-order chi connectivity index (χ0) is 13.5. The minimum Gasteiger partial charge on any atom is -0.410 e. The summed E-state index contributed by atoms with van der Waals surface area (Å²) in [6.45, 7) is 2.13. The van der Waals surface area contributed by atoms with Gasteiger partial charge in [0, 0.05) is 6.04 Å². The van der Waals surface area contributed by atoms with Crippen LogP contribution in [0.1, 0.15) is 45.4 Å². The molecular weight excluding hydrogens is 238 g/mol. The molecule has 19 heavy (non-hydrogen) atoms. The maximum atomic E-state index is 11.9. The van der Waals surface area contributed by atoms with Crippen LogP contribution in [-0.4, -0.2) is 12.1 Å². The van der Waals surface area contributed by atoms with E-state index in [2.05, 4.69) is 12.2 Å². The van der Waals surface area contributed by atoms with Gasteiger partial charge in [-0.3, -0.25) is 0 Å². The Kier molecular flexibility index (Phi) is 5.25. The number of ether oxygens (including phenoxy) is 1. The summed E-state index contributed by atoms with van der Waals surface area (Å²) in [6, 6.07) is 9.46. The molecule has 1 N–H and O–H groups in total. The summed E-state index contributed by atoms with van der Waals surface area (Å²) in [7, 11) is 0. The summed E-state index contributed by atoms with van der Waals surface area (Å²) in [5, 5.41) is 3.02. The van der Waals surface area contributed by atoms with Crippen molar-refractivity contribution in [2.24, 2.45) is 5.92 Å². The molecule has 0 aliphatic heterocycles. The predicted molar refractivity (Wildman–Crippen MR) is 76.3 cm³/mol. The second-order valence-electron chi connectivity index (χ2n) is 5.26. The van der Waals surface area contributed by atoms with Crippen molar-refractivity contribution in [3.63, 3.8) is 0 Å². The summed E-state index contributed by atoms with van der Waals surface area (Å²) in [5.41, 5.74) is 0. The Balaban J connectivity index is 1.85. The summed E-state index contributed by atoms with van der Waals surface area (Å²) in [4.78, 5) is 11.9. The number of rotatable bonds is 4. The Hall–Kier alpha value is -1.51. The molecule has 1 amide bonds. The summed E-state index contributed by atoms with van der Waals surface area (Å²) in [5.74, 6) is 1.21. The van der Waals surface area contributed by atoms with E-state index in [9.17, 15) is 4.79 Å².